The zero-order chi connectivity index (χ0) is 13.5. The van der Waals surface area contributed by atoms with Gasteiger partial charge in [-0.25, -0.2) is 4.79 Å². The lowest BCUT2D eigenvalue weighted by molar-refractivity contribution is -0.148. The molecule has 1 aliphatic carbocycles. The SMILES string of the molecule is C=C(C)C(=O)OC(CCC)C1CCCC(CC)C1. The first-order chi connectivity index (χ1) is 8.58. The Labute approximate surface area is 112 Å². The van der Waals surface area contributed by atoms with Gasteiger partial charge in [0.25, 0.3) is 0 Å². The van der Waals surface area contributed by atoms with Gasteiger partial charge >= 0.3 is 5.97 Å². The summed E-state index contributed by atoms with van der Waals surface area (Å²) in [4.78, 5) is 11.7. The van der Waals surface area contributed by atoms with Crippen molar-refractivity contribution in [2.24, 2.45) is 11.8 Å². The number of esters is 1. The molecule has 0 aromatic heterocycles. The summed E-state index contributed by atoms with van der Waals surface area (Å²) >= 11 is 0. The standard InChI is InChI=1S/C16H28O2/c1-5-8-15(18-16(17)12(3)4)14-10-7-9-13(6-2)11-14/h13-15H,3,5-11H2,1-2,4H3. The fraction of sp³-hybridized carbons (Fsp3) is 0.812. The lowest BCUT2D eigenvalue weighted by atomic mass is 9.77. The molecule has 1 aliphatic rings. The smallest absolute Gasteiger partial charge is 0.333 e. The molecule has 0 bridgehead atoms. The van der Waals surface area contributed by atoms with Crippen LogP contribution < -0.4 is 0 Å². The highest BCUT2D eigenvalue weighted by Gasteiger charge is 2.29. The van der Waals surface area contributed by atoms with E-state index in [1.54, 1.807) is 6.92 Å². The van der Waals surface area contributed by atoms with Crippen molar-refractivity contribution in [3.8, 4) is 0 Å². The van der Waals surface area contributed by atoms with Gasteiger partial charge in [-0.2, -0.15) is 0 Å². The molecule has 0 heterocycles. The van der Waals surface area contributed by atoms with Crippen molar-refractivity contribution in [3.05, 3.63) is 12.2 Å². The van der Waals surface area contributed by atoms with Crippen LogP contribution in [0.1, 0.15) is 65.7 Å². The third kappa shape index (κ3) is 4.47. The van der Waals surface area contributed by atoms with Crippen LogP contribution in [0.3, 0.4) is 0 Å². The van der Waals surface area contributed by atoms with Crippen LogP contribution in [-0.4, -0.2) is 12.1 Å². The summed E-state index contributed by atoms with van der Waals surface area (Å²) in [6, 6.07) is 0. The van der Waals surface area contributed by atoms with Gasteiger partial charge in [-0.3, -0.25) is 0 Å². The molecule has 0 aromatic rings. The Balaban J connectivity index is 2.59. The number of rotatable bonds is 6. The van der Waals surface area contributed by atoms with Gasteiger partial charge in [0.2, 0.25) is 0 Å². The average molecular weight is 252 g/mol. The molecule has 104 valence electrons. The average Bonchev–Trinajstić information content (AvgIpc) is 2.38. The van der Waals surface area contributed by atoms with E-state index in [4.69, 9.17) is 4.74 Å². The molecule has 0 aliphatic heterocycles. The minimum absolute atomic E-state index is 0.105. The highest BCUT2D eigenvalue weighted by atomic mass is 16.5. The van der Waals surface area contributed by atoms with Crippen LogP contribution in [-0.2, 0) is 9.53 Å². The molecule has 0 amide bonds. The number of ether oxygens (including phenoxy) is 1. The van der Waals surface area contributed by atoms with Gasteiger partial charge in [0.05, 0.1) is 0 Å². The summed E-state index contributed by atoms with van der Waals surface area (Å²) in [6.45, 7) is 9.81. The molecule has 0 saturated heterocycles. The second-order valence-electron chi connectivity index (χ2n) is 5.71. The molecule has 0 spiro atoms. The van der Waals surface area contributed by atoms with E-state index in [9.17, 15) is 4.79 Å². The molecular formula is C16H28O2. The lowest BCUT2D eigenvalue weighted by Gasteiger charge is -2.34. The van der Waals surface area contributed by atoms with Crippen LogP contribution in [0, 0.1) is 11.8 Å². The Hall–Kier alpha value is -0.790. The maximum Gasteiger partial charge on any atom is 0.333 e. The summed E-state index contributed by atoms with van der Waals surface area (Å²) in [7, 11) is 0. The number of hydrogen-bond acceptors (Lipinski definition) is 2. The molecule has 0 radical (unpaired) electrons. The van der Waals surface area contributed by atoms with E-state index in [0.717, 1.165) is 18.8 Å². The number of carbonyl (C=O) groups is 1. The molecule has 2 nitrogen and oxygen atoms in total. The minimum atomic E-state index is -0.216. The first-order valence-corrected chi connectivity index (χ1v) is 7.44. The van der Waals surface area contributed by atoms with Crippen LogP contribution in [0.15, 0.2) is 12.2 Å². The normalized spacial score (nSPS) is 25.5. The Bertz CT molecular complexity index is 283. The van der Waals surface area contributed by atoms with Crippen molar-refractivity contribution in [3.63, 3.8) is 0 Å². The molecule has 1 fully saturated rings. The molecule has 1 saturated carbocycles. The fourth-order valence-electron chi connectivity index (χ4n) is 2.95. The van der Waals surface area contributed by atoms with Crippen molar-refractivity contribution >= 4 is 5.97 Å². The van der Waals surface area contributed by atoms with E-state index in [-0.39, 0.29) is 12.1 Å². The van der Waals surface area contributed by atoms with E-state index in [1.165, 1.54) is 32.1 Å². The first-order valence-electron chi connectivity index (χ1n) is 7.44. The van der Waals surface area contributed by atoms with Crippen LogP contribution >= 0.6 is 0 Å². The fourth-order valence-corrected chi connectivity index (χ4v) is 2.95. The van der Waals surface area contributed by atoms with E-state index in [1.807, 2.05) is 0 Å². The highest BCUT2D eigenvalue weighted by Crippen LogP contribution is 2.35. The summed E-state index contributed by atoms with van der Waals surface area (Å²) in [5, 5.41) is 0. The zero-order valence-corrected chi connectivity index (χ0v) is 12.2. The van der Waals surface area contributed by atoms with Gasteiger partial charge in [-0.1, -0.05) is 46.1 Å². The van der Waals surface area contributed by atoms with E-state index in [2.05, 4.69) is 20.4 Å². The Morgan fingerprint density at radius 3 is 2.67 bits per heavy atom. The quantitative estimate of drug-likeness (QED) is 0.514. The van der Waals surface area contributed by atoms with E-state index >= 15 is 0 Å². The summed E-state index contributed by atoms with van der Waals surface area (Å²) in [6.07, 6.45) is 8.49. The third-order valence-corrected chi connectivity index (χ3v) is 4.11. The lowest BCUT2D eigenvalue weighted by Crippen LogP contribution is -2.31. The topological polar surface area (TPSA) is 26.3 Å². The molecule has 2 heteroatoms. The molecule has 18 heavy (non-hydrogen) atoms. The van der Waals surface area contributed by atoms with Gasteiger partial charge in [-0.15, -0.1) is 0 Å². The molecule has 1 rings (SSSR count). The van der Waals surface area contributed by atoms with E-state index in [0.29, 0.717) is 11.5 Å². The van der Waals surface area contributed by atoms with Crippen LogP contribution in [0.25, 0.3) is 0 Å². The van der Waals surface area contributed by atoms with Gasteiger partial charge in [-0.05, 0) is 38.0 Å². The van der Waals surface area contributed by atoms with Crippen LogP contribution in [0.4, 0.5) is 0 Å². The summed E-state index contributed by atoms with van der Waals surface area (Å²) in [5.74, 6) is 1.17. The first kappa shape index (κ1) is 15.3. The highest BCUT2D eigenvalue weighted by molar-refractivity contribution is 5.87. The van der Waals surface area contributed by atoms with E-state index < -0.39 is 0 Å². The monoisotopic (exact) mass is 252 g/mol. The Morgan fingerprint density at radius 2 is 2.11 bits per heavy atom. The molecule has 3 unspecified atom stereocenters. The molecule has 0 aromatic carbocycles. The Morgan fingerprint density at radius 1 is 1.39 bits per heavy atom. The number of carbonyl (C=O) groups excluding carboxylic acids is 1. The maximum atomic E-state index is 11.7. The van der Waals surface area contributed by atoms with Crippen molar-refractivity contribution in [1.29, 1.82) is 0 Å². The van der Waals surface area contributed by atoms with Gasteiger partial charge in [0.15, 0.2) is 0 Å². The van der Waals surface area contributed by atoms with Crippen LogP contribution in [0.5, 0.6) is 0 Å². The second kappa shape index (κ2) is 7.60. The largest absolute Gasteiger partial charge is 0.459 e. The van der Waals surface area contributed by atoms with Crippen molar-refractivity contribution in [2.75, 3.05) is 0 Å². The molecular weight excluding hydrogens is 224 g/mol. The second-order valence-corrected chi connectivity index (χ2v) is 5.71. The summed E-state index contributed by atoms with van der Waals surface area (Å²) in [5.41, 5.74) is 0.513. The van der Waals surface area contributed by atoms with Crippen molar-refractivity contribution in [1.82, 2.24) is 0 Å². The molecule has 0 N–H and O–H groups in total. The van der Waals surface area contributed by atoms with Crippen molar-refractivity contribution < 1.29 is 9.53 Å². The third-order valence-electron chi connectivity index (χ3n) is 4.11. The predicted octanol–water partition coefficient (Wildman–Crippen LogP) is 4.49. The Kier molecular flexibility index (Phi) is 6.45. The van der Waals surface area contributed by atoms with Crippen LogP contribution in [0.2, 0.25) is 0 Å². The van der Waals surface area contributed by atoms with Gasteiger partial charge in [0, 0.05) is 5.57 Å². The molecule has 3 atom stereocenters. The number of hydrogen-bond donors (Lipinski definition) is 0. The maximum absolute atomic E-state index is 11.7. The van der Waals surface area contributed by atoms with Gasteiger partial charge < -0.3 is 4.74 Å². The van der Waals surface area contributed by atoms with Crippen molar-refractivity contribution in [2.45, 2.75) is 71.8 Å². The summed E-state index contributed by atoms with van der Waals surface area (Å²) < 4.78 is 5.65. The van der Waals surface area contributed by atoms with Gasteiger partial charge in [0.1, 0.15) is 6.10 Å². The predicted molar refractivity (Wildman–Crippen MR) is 75.3 cm³/mol. The zero-order valence-electron chi connectivity index (χ0n) is 12.2. The minimum Gasteiger partial charge on any atom is -0.459 e.